The normalized spacial score (nSPS) is 15.7. The van der Waals surface area contributed by atoms with Crippen LogP contribution in [0.3, 0.4) is 0 Å². The van der Waals surface area contributed by atoms with Crippen molar-refractivity contribution in [2.75, 3.05) is 38.0 Å². The molecule has 0 bridgehead atoms. The molecule has 1 N–H and O–H groups in total. The maximum absolute atomic E-state index is 12.5. The molecular weight excluding hydrogens is 358 g/mol. The molecule has 1 aliphatic rings. The molecule has 144 valence electrons. The van der Waals surface area contributed by atoms with Crippen LogP contribution < -0.4 is 5.32 Å². The van der Waals surface area contributed by atoms with Crippen LogP contribution in [0.4, 0.5) is 5.69 Å². The first-order chi connectivity index (χ1) is 12.9. The van der Waals surface area contributed by atoms with Crippen molar-refractivity contribution < 1.29 is 4.79 Å². The van der Waals surface area contributed by atoms with Crippen molar-refractivity contribution in [1.29, 1.82) is 0 Å². The molecule has 27 heavy (non-hydrogen) atoms. The summed E-state index contributed by atoms with van der Waals surface area (Å²) in [5, 5.41) is 3.59. The molecule has 1 fully saturated rings. The summed E-state index contributed by atoms with van der Waals surface area (Å²) >= 11 is 6.30. The maximum atomic E-state index is 12.5. The van der Waals surface area contributed by atoms with E-state index < -0.39 is 0 Å². The zero-order valence-corrected chi connectivity index (χ0v) is 17.1. The van der Waals surface area contributed by atoms with Crippen molar-refractivity contribution in [2.45, 2.75) is 27.3 Å². The summed E-state index contributed by atoms with van der Waals surface area (Å²) in [6.07, 6.45) is 0. The van der Waals surface area contributed by atoms with Crippen molar-refractivity contribution in [1.82, 2.24) is 9.80 Å². The van der Waals surface area contributed by atoms with Gasteiger partial charge in [-0.15, -0.1) is 0 Å². The number of rotatable bonds is 5. The highest BCUT2D eigenvalue weighted by Crippen LogP contribution is 2.27. The molecular formula is C22H28ClN3O. The number of anilines is 1. The number of nitrogens with zero attached hydrogens (tertiary/aromatic N) is 2. The van der Waals surface area contributed by atoms with Gasteiger partial charge in [0.15, 0.2) is 0 Å². The molecule has 4 nitrogen and oxygen atoms in total. The summed E-state index contributed by atoms with van der Waals surface area (Å²) in [5.41, 5.74) is 5.54. The maximum Gasteiger partial charge on any atom is 0.238 e. The predicted molar refractivity (Wildman–Crippen MR) is 112 cm³/mol. The summed E-state index contributed by atoms with van der Waals surface area (Å²) < 4.78 is 0. The van der Waals surface area contributed by atoms with Gasteiger partial charge in [-0.3, -0.25) is 14.6 Å². The molecule has 1 aliphatic heterocycles. The Morgan fingerprint density at radius 3 is 2.33 bits per heavy atom. The topological polar surface area (TPSA) is 35.6 Å². The zero-order valence-electron chi connectivity index (χ0n) is 16.4. The van der Waals surface area contributed by atoms with E-state index in [1.54, 1.807) is 0 Å². The van der Waals surface area contributed by atoms with Crippen LogP contribution in [0, 0.1) is 20.8 Å². The highest BCUT2D eigenvalue weighted by atomic mass is 35.5. The van der Waals surface area contributed by atoms with E-state index in [1.165, 1.54) is 11.1 Å². The fourth-order valence-electron chi connectivity index (χ4n) is 3.59. The van der Waals surface area contributed by atoms with Gasteiger partial charge in [-0.05, 0) is 49.1 Å². The predicted octanol–water partition coefficient (Wildman–Crippen LogP) is 4.02. The molecule has 1 saturated heterocycles. The molecule has 0 radical (unpaired) electrons. The lowest BCUT2D eigenvalue weighted by Gasteiger charge is -2.34. The van der Waals surface area contributed by atoms with Gasteiger partial charge in [0.1, 0.15) is 0 Å². The molecule has 0 aromatic heterocycles. The summed E-state index contributed by atoms with van der Waals surface area (Å²) in [6, 6.07) is 12.5. The molecule has 0 saturated carbocycles. The van der Waals surface area contributed by atoms with E-state index in [0.29, 0.717) is 11.6 Å². The van der Waals surface area contributed by atoms with Crippen LogP contribution in [0.25, 0.3) is 0 Å². The highest BCUT2D eigenvalue weighted by Gasteiger charge is 2.20. The van der Waals surface area contributed by atoms with E-state index in [1.807, 2.05) is 26.0 Å². The van der Waals surface area contributed by atoms with E-state index in [0.717, 1.165) is 49.5 Å². The van der Waals surface area contributed by atoms with Gasteiger partial charge in [0.05, 0.1) is 17.3 Å². The minimum Gasteiger partial charge on any atom is -0.323 e. The van der Waals surface area contributed by atoms with Gasteiger partial charge in [0.25, 0.3) is 0 Å². The lowest BCUT2D eigenvalue weighted by molar-refractivity contribution is -0.117. The molecule has 1 amide bonds. The van der Waals surface area contributed by atoms with Crippen LogP contribution in [-0.4, -0.2) is 48.4 Å². The third-order valence-electron chi connectivity index (χ3n) is 5.18. The number of hydrogen-bond acceptors (Lipinski definition) is 3. The number of hydrogen-bond donors (Lipinski definition) is 1. The fraction of sp³-hybridized carbons (Fsp3) is 0.409. The largest absolute Gasteiger partial charge is 0.323 e. The molecule has 0 spiro atoms. The fourth-order valence-corrected chi connectivity index (χ4v) is 3.96. The van der Waals surface area contributed by atoms with Crippen molar-refractivity contribution in [2.24, 2.45) is 0 Å². The number of carbonyl (C=O) groups is 1. The molecule has 1 heterocycles. The standard InChI is InChI=1S/C22H28ClN3O/c1-16-12-18(3)22(20(23)13-16)24-21(27)15-26-10-8-25(9-11-26)14-19-7-5-4-6-17(19)2/h4-7,12-13H,8-11,14-15H2,1-3H3,(H,24,27). The Hall–Kier alpha value is -1.88. The van der Waals surface area contributed by atoms with Crippen molar-refractivity contribution in [3.63, 3.8) is 0 Å². The minimum absolute atomic E-state index is 0.00351. The lowest BCUT2D eigenvalue weighted by atomic mass is 10.1. The van der Waals surface area contributed by atoms with Crippen LogP contribution in [0.5, 0.6) is 0 Å². The zero-order chi connectivity index (χ0) is 19.4. The third kappa shape index (κ3) is 5.32. The molecule has 2 aromatic carbocycles. The minimum atomic E-state index is -0.00351. The van der Waals surface area contributed by atoms with Crippen LogP contribution in [0.1, 0.15) is 22.3 Å². The third-order valence-corrected chi connectivity index (χ3v) is 5.48. The quantitative estimate of drug-likeness (QED) is 0.844. The second-order valence-corrected chi connectivity index (χ2v) is 7.87. The summed E-state index contributed by atoms with van der Waals surface area (Å²) in [6.45, 7) is 11.3. The average Bonchev–Trinajstić information content (AvgIpc) is 2.62. The Morgan fingerprint density at radius 1 is 1.00 bits per heavy atom. The molecule has 0 aliphatic carbocycles. The van der Waals surface area contributed by atoms with Gasteiger partial charge in [0.2, 0.25) is 5.91 Å². The SMILES string of the molecule is Cc1cc(C)c(NC(=O)CN2CCN(Cc3ccccc3C)CC2)c(Cl)c1. The number of aryl methyl sites for hydroxylation is 3. The van der Waals surface area contributed by atoms with Gasteiger partial charge in [-0.25, -0.2) is 0 Å². The Labute approximate surface area is 167 Å². The van der Waals surface area contributed by atoms with E-state index >= 15 is 0 Å². The van der Waals surface area contributed by atoms with Crippen LogP contribution in [0.15, 0.2) is 36.4 Å². The number of nitrogens with one attached hydrogen (secondary N) is 1. The van der Waals surface area contributed by atoms with Gasteiger partial charge in [-0.2, -0.15) is 0 Å². The smallest absolute Gasteiger partial charge is 0.238 e. The first-order valence-electron chi connectivity index (χ1n) is 9.48. The Balaban J connectivity index is 1.49. The van der Waals surface area contributed by atoms with Crippen molar-refractivity contribution in [3.05, 3.63) is 63.7 Å². The Bertz CT molecular complexity index is 790. The second-order valence-electron chi connectivity index (χ2n) is 7.47. The first kappa shape index (κ1) is 19.9. The summed E-state index contributed by atoms with van der Waals surface area (Å²) in [5.74, 6) is -0.00351. The Morgan fingerprint density at radius 2 is 1.67 bits per heavy atom. The molecule has 0 unspecified atom stereocenters. The van der Waals surface area contributed by atoms with E-state index in [-0.39, 0.29) is 5.91 Å². The summed E-state index contributed by atoms with van der Waals surface area (Å²) in [4.78, 5) is 17.1. The first-order valence-corrected chi connectivity index (χ1v) is 9.86. The molecule has 2 aromatic rings. The van der Waals surface area contributed by atoms with Gasteiger partial charge in [-0.1, -0.05) is 41.9 Å². The van der Waals surface area contributed by atoms with Crippen molar-refractivity contribution in [3.8, 4) is 0 Å². The van der Waals surface area contributed by atoms with Gasteiger partial charge in [0, 0.05) is 32.7 Å². The number of piperazine rings is 1. The Kier molecular flexibility index (Phi) is 6.53. The molecule has 3 rings (SSSR count). The number of halogens is 1. The van der Waals surface area contributed by atoms with Crippen molar-refractivity contribution >= 4 is 23.2 Å². The van der Waals surface area contributed by atoms with E-state index in [2.05, 4.69) is 46.3 Å². The van der Waals surface area contributed by atoms with Gasteiger partial charge < -0.3 is 5.32 Å². The second kappa shape index (κ2) is 8.87. The number of benzene rings is 2. The average molecular weight is 386 g/mol. The monoisotopic (exact) mass is 385 g/mol. The van der Waals surface area contributed by atoms with E-state index in [9.17, 15) is 4.79 Å². The van der Waals surface area contributed by atoms with Crippen LogP contribution >= 0.6 is 11.6 Å². The van der Waals surface area contributed by atoms with Crippen LogP contribution in [0.2, 0.25) is 5.02 Å². The number of carbonyl (C=O) groups excluding carboxylic acids is 1. The van der Waals surface area contributed by atoms with Crippen LogP contribution in [-0.2, 0) is 11.3 Å². The molecule has 0 atom stereocenters. The van der Waals surface area contributed by atoms with E-state index in [4.69, 9.17) is 11.6 Å². The van der Waals surface area contributed by atoms with Gasteiger partial charge >= 0.3 is 0 Å². The lowest BCUT2D eigenvalue weighted by Crippen LogP contribution is -2.48. The highest BCUT2D eigenvalue weighted by molar-refractivity contribution is 6.34. The number of amides is 1. The molecule has 5 heteroatoms. The summed E-state index contributed by atoms with van der Waals surface area (Å²) in [7, 11) is 0.